The molecule has 0 saturated carbocycles. The number of benzene rings is 1. The quantitative estimate of drug-likeness (QED) is 0.401. The molecule has 2 aromatic heterocycles. The molecule has 33 heavy (non-hydrogen) atoms. The minimum atomic E-state index is -0.752. The molecular weight excluding hydrogens is 422 g/mol. The van der Waals surface area contributed by atoms with E-state index in [9.17, 15) is 14.5 Å². The van der Waals surface area contributed by atoms with Crippen LogP contribution in [0.2, 0.25) is 0 Å². The van der Waals surface area contributed by atoms with E-state index in [-0.39, 0.29) is 12.5 Å². The van der Waals surface area contributed by atoms with Crippen molar-refractivity contribution in [3.05, 3.63) is 70.4 Å². The van der Waals surface area contributed by atoms with Gasteiger partial charge in [-0.1, -0.05) is 12.1 Å². The zero-order valence-corrected chi connectivity index (χ0v) is 18.5. The molecule has 4 rings (SSSR count). The van der Waals surface area contributed by atoms with Gasteiger partial charge in [-0.3, -0.25) is 9.59 Å². The minimum absolute atomic E-state index is 0.0501. The van der Waals surface area contributed by atoms with Crippen LogP contribution in [0.4, 0.5) is 0 Å². The summed E-state index contributed by atoms with van der Waals surface area (Å²) in [5.74, 6) is -0.862. The molecule has 0 spiro atoms. The Labute approximate surface area is 191 Å². The molecule has 0 bridgehead atoms. The van der Waals surface area contributed by atoms with Crippen LogP contribution in [-0.4, -0.2) is 50.6 Å². The number of carboxylic acid groups (broad SMARTS) is 1. The van der Waals surface area contributed by atoms with Crippen LogP contribution in [0.1, 0.15) is 53.6 Å². The van der Waals surface area contributed by atoms with Crippen molar-refractivity contribution in [1.29, 1.82) is 0 Å². The zero-order valence-electron chi connectivity index (χ0n) is 18.5. The molecule has 3 heterocycles. The second kappa shape index (κ2) is 9.91. The average Bonchev–Trinajstić information content (AvgIpc) is 3.22. The summed E-state index contributed by atoms with van der Waals surface area (Å²) in [4.78, 5) is 39.8. The average molecular weight is 450 g/mol. The highest BCUT2D eigenvalue weighted by molar-refractivity contribution is 5.93. The highest BCUT2D eigenvalue weighted by atomic mass is 16.4. The summed E-state index contributed by atoms with van der Waals surface area (Å²) in [6.07, 6.45) is 6.04. The molecule has 1 unspecified atom stereocenters. The first-order valence-electron chi connectivity index (χ1n) is 11.1. The van der Waals surface area contributed by atoms with E-state index in [0.29, 0.717) is 18.0 Å². The first-order valence-corrected chi connectivity index (χ1v) is 11.1. The lowest BCUT2D eigenvalue weighted by molar-refractivity contribution is -0.138. The Bertz CT molecular complexity index is 1150. The topological polar surface area (TPSA) is 117 Å². The van der Waals surface area contributed by atoms with Gasteiger partial charge in [0.05, 0.1) is 11.7 Å². The lowest BCUT2D eigenvalue weighted by Crippen LogP contribution is -2.40. The van der Waals surface area contributed by atoms with Crippen LogP contribution >= 0.6 is 0 Å². The smallest absolute Gasteiger partial charge is 0.304 e. The maximum atomic E-state index is 11.7. The molecule has 1 aliphatic heterocycles. The lowest BCUT2D eigenvalue weighted by Gasteiger charge is -2.35. The summed E-state index contributed by atoms with van der Waals surface area (Å²) in [5.41, 5.74) is 5.48. The second-order valence-corrected chi connectivity index (χ2v) is 8.57. The Kier molecular flexibility index (Phi) is 6.79. The van der Waals surface area contributed by atoms with Crippen molar-refractivity contribution in [2.24, 2.45) is 5.29 Å². The van der Waals surface area contributed by atoms with Gasteiger partial charge in [0.2, 0.25) is 0 Å². The van der Waals surface area contributed by atoms with Gasteiger partial charge in [-0.05, 0) is 74.2 Å². The molecule has 172 valence electrons. The third kappa shape index (κ3) is 5.09. The number of nitrogens with zero attached hydrogens (tertiary/aromatic N) is 4. The van der Waals surface area contributed by atoms with Gasteiger partial charge in [0, 0.05) is 35.9 Å². The minimum Gasteiger partial charge on any atom is -0.481 e. The monoisotopic (exact) mass is 449 g/mol. The van der Waals surface area contributed by atoms with Gasteiger partial charge in [-0.15, -0.1) is 4.91 Å². The van der Waals surface area contributed by atoms with Gasteiger partial charge in [-0.25, -0.2) is 10.4 Å². The maximum absolute atomic E-state index is 11.7. The molecule has 2 N–H and O–H groups in total. The summed E-state index contributed by atoms with van der Waals surface area (Å²) in [7, 11) is 0. The van der Waals surface area contributed by atoms with Crippen molar-refractivity contribution in [2.75, 3.05) is 13.1 Å². The number of nitrogens with one attached hydrogen (secondary N) is 1. The number of carboxylic acids is 1. The van der Waals surface area contributed by atoms with Crippen molar-refractivity contribution in [3.8, 4) is 0 Å². The molecule has 1 amide bonds. The third-order valence-corrected chi connectivity index (χ3v) is 6.48. The van der Waals surface area contributed by atoms with E-state index in [2.05, 4.69) is 31.9 Å². The fraction of sp³-hybridized carbons (Fsp3) is 0.375. The summed E-state index contributed by atoms with van der Waals surface area (Å²) in [5, 5.41) is 12.6. The SMILES string of the molecule is CC(CC(=O)O)N1CCC(c2ccnc3c2ccn3Cc2ccc(C(=O)NN=O)cc2)CC1. The van der Waals surface area contributed by atoms with E-state index in [1.807, 2.05) is 36.9 Å². The second-order valence-electron chi connectivity index (χ2n) is 8.57. The van der Waals surface area contributed by atoms with E-state index in [0.717, 1.165) is 42.5 Å². The van der Waals surface area contributed by atoms with Crippen LogP contribution in [0.15, 0.2) is 54.1 Å². The van der Waals surface area contributed by atoms with E-state index in [4.69, 9.17) is 5.11 Å². The number of rotatable bonds is 8. The van der Waals surface area contributed by atoms with Gasteiger partial charge in [0.25, 0.3) is 5.91 Å². The largest absolute Gasteiger partial charge is 0.481 e. The lowest BCUT2D eigenvalue weighted by atomic mass is 9.87. The number of pyridine rings is 1. The normalized spacial score (nSPS) is 15.9. The standard InChI is InChI=1S/C24H27N5O4/c1-16(14-22(30)31)28-11-7-18(8-12-28)20-6-10-25-23-21(20)9-13-29(23)15-17-2-4-19(5-3-17)24(32)26-27-33/h2-6,9-10,13,16,18H,7-8,11-12,14-15H2,1H3,(H,30,31)(H,26,32,33). The summed E-state index contributed by atoms with van der Waals surface area (Å²) >= 11 is 0. The molecule has 0 aliphatic carbocycles. The number of hydrogen-bond donors (Lipinski definition) is 2. The van der Waals surface area contributed by atoms with Crippen molar-refractivity contribution in [1.82, 2.24) is 19.9 Å². The van der Waals surface area contributed by atoms with Crippen LogP contribution in [0.3, 0.4) is 0 Å². The molecule has 1 aromatic carbocycles. The number of aliphatic carboxylic acids is 1. The van der Waals surface area contributed by atoms with Crippen LogP contribution < -0.4 is 5.43 Å². The van der Waals surface area contributed by atoms with Gasteiger partial charge < -0.3 is 14.6 Å². The number of carbonyl (C=O) groups excluding carboxylic acids is 1. The van der Waals surface area contributed by atoms with Gasteiger partial charge in [-0.2, -0.15) is 0 Å². The first-order chi connectivity index (χ1) is 16.0. The molecule has 0 radical (unpaired) electrons. The number of amides is 1. The van der Waals surface area contributed by atoms with Crippen LogP contribution in [0, 0.1) is 4.91 Å². The number of likely N-dealkylation sites (tertiary alicyclic amines) is 1. The number of nitroso groups, excluding NO2 is 1. The maximum Gasteiger partial charge on any atom is 0.304 e. The van der Waals surface area contributed by atoms with Crippen molar-refractivity contribution in [2.45, 2.75) is 44.7 Å². The molecule has 1 atom stereocenters. The van der Waals surface area contributed by atoms with Crippen LogP contribution in [0.25, 0.3) is 11.0 Å². The van der Waals surface area contributed by atoms with Crippen LogP contribution in [0.5, 0.6) is 0 Å². The molecule has 9 nitrogen and oxygen atoms in total. The Hall–Kier alpha value is -3.59. The van der Waals surface area contributed by atoms with E-state index in [1.165, 1.54) is 5.56 Å². The Morgan fingerprint density at radius 2 is 1.91 bits per heavy atom. The van der Waals surface area contributed by atoms with Crippen molar-refractivity contribution >= 4 is 22.9 Å². The first kappa shape index (κ1) is 22.6. The number of fused-ring (bicyclic) bond motifs is 1. The third-order valence-electron chi connectivity index (χ3n) is 6.48. The highest BCUT2D eigenvalue weighted by Gasteiger charge is 2.26. The molecule has 9 heteroatoms. The highest BCUT2D eigenvalue weighted by Crippen LogP contribution is 2.33. The molecule has 1 aliphatic rings. The number of piperidine rings is 1. The summed E-state index contributed by atoms with van der Waals surface area (Å²) in [6.45, 7) is 4.38. The van der Waals surface area contributed by atoms with Crippen molar-refractivity contribution < 1.29 is 14.7 Å². The fourth-order valence-corrected chi connectivity index (χ4v) is 4.69. The number of carbonyl (C=O) groups is 2. The summed E-state index contributed by atoms with van der Waals surface area (Å²) in [6, 6.07) is 11.3. The predicted octanol–water partition coefficient (Wildman–Crippen LogP) is 3.54. The van der Waals surface area contributed by atoms with Crippen LogP contribution in [-0.2, 0) is 11.3 Å². The molecule has 3 aromatic rings. The van der Waals surface area contributed by atoms with Crippen molar-refractivity contribution in [3.63, 3.8) is 0 Å². The fourth-order valence-electron chi connectivity index (χ4n) is 4.69. The molecule has 1 saturated heterocycles. The Balaban J connectivity index is 1.47. The Morgan fingerprint density at radius 1 is 1.18 bits per heavy atom. The van der Waals surface area contributed by atoms with Gasteiger partial charge in [0.15, 0.2) is 0 Å². The summed E-state index contributed by atoms with van der Waals surface area (Å²) < 4.78 is 2.09. The number of aromatic nitrogens is 2. The molecular formula is C24H27N5O4. The van der Waals surface area contributed by atoms with E-state index >= 15 is 0 Å². The van der Waals surface area contributed by atoms with E-state index < -0.39 is 11.9 Å². The predicted molar refractivity (Wildman–Crippen MR) is 124 cm³/mol. The van der Waals surface area contributed by atoms with Gasteiger partial charge in [0.1, 0.15) is 5.65 Å². The zero-order chi connectivity index (χ0) is 23.4. The molecule has 1 fully saturated rings. The Morgan fingerprint density at radius 3 is 2.58 bits per heavy atom. The number of hydrogen-bond acceptors (Lipinski definition) is 6. The van der Waals surface area contributed by atoms with Gasteiger partial charge >= 0.3 is 5.97 Å². The van der Waals surface area contributed by atoms with E-state index in [1.54, 1.807) is 12.1 Å².